The molecule has 1 aromatic heterocycles. The summed E-state index contributed by atoms with van der Waals surface area (Å²) in [6, 6.07) is 17.4. The number of para-hydroxylation sites is 2. The lowest BCUT2D eigenvalue weighted by Gasteiger charge is -2.33. The van der Waals surface area contributed by atoms with Crippen LogP contribution in [0.25, 0.3) is 21.8 Å². The van der Waals surface area contributed by atoms with Gasteiger partial charge in [0.2, 0.25) is 0 Å². The summed E-state index contributed by atoms with van der Waals surface area (Å²) in [4.78, 5) is 0. The fourth-order valence-corrected chi connectivity index (χ4v) is 2.80. The Balaban J connectivity index is 2.50. The van der Waals surface area contributed by atoms with Crippen molar-refractivity contribution < 1.29 is 0 Å². The van der Waals surface area contributed by atoms with Gasteiger partial charge in [0.15, 0.2) is 0 Å². The van der Waals surface area contributed by atoms with Crippen LogP contribution in [-0.2, 0) is 5.54 Å². The van der Waals surface area contributed by atoms with Crippen molar-refractivity contribution in [1.82, 2.24) is 4.57 Å². The highest BCUT2D eigenvalue weighted by atomic mass is 15.1. The summed E-state index contributed by atoms with van der Waals surface area (Å²) in [5.74, 6) is 0.576. The predicted octanol–water partition coefficient (Wildman–Crippen LogP) is 5.19. The van der Waals surface area contributed by atoms with Gasteiger partial charge < -0.3 is 4.57 Å². The molecule has 0 saturated carbocycles. The molecule has 2 aromatic carbocycles. The van der Waals surface area contributed by atoms with E-state index in [-0.39, 0.29) is 5.54 Å². The van der Waals surface area contributed by atoms with Crippen molar-refractivity contribution in [3.05, 3.63) is 48.5 Å². The van der Waals surface area contributed by atoms with Gasteiger partial charge in [0.05, 0.1) is 0 Å². The van der Waals surface area contributed by atoms with Gasteiger partial charge in [0.1, 0.15) is 0 Å². The number of benzene rings is 2. The smallest absolute Gasteiger partial charge is 0.0496 e. The van der Waals surface area contributed by atoms with E-state index in [9.17, 15) is 0 Å². The molecule has 0 aliphatic heterocycles. The van der Waals surface area contributed by atoms with Crippen molar-refractivity contribution in [3.8, 4) is 0 Å². The number of nitrogens with zero attached hydrogens (tertiary/aromatic N) is 1. The second-order valence-corrected chi connectivity index (χ2v) is 6.18. The third-order valence-corrected chi connectivity index (χ3v) is 4.57. The average molecular weight is 251 g/mol. The van der Waals surface area contributed by atoms with Crippen molar-refractivity contribution in [1.29, 1.82) is 0 Å². The number of fused-ring (bicyclic) bond motifs is 3. The van der Waals surface area contributed by atoms with Gasteiger partial charge >= 0.3 is 0 Å². The molecule has 0 bridgehead atoms. The Kier molecular flexibility index (Phi) is 2.67. The van der Waals surface area contributed by atoms with Gasteiger partial charge in [0, 0.05) is 27.3 Å². The lowest BCUT2D eigenvalue weighted by Crippen LogP contribution is -2.31. The number of rotatable bonds is 2. The minimum atomic E-state index is 0.0999. The number of aromatic nitrogens is 1. The van der Waals surface area contributed by atoms with Gasteiger partial charge in [-0.05, 0) is 31.9 Å². The van der Waals surface area contributed by atoms with Crippen LogP contribution >= 0.6 is 0 Å². The molecule has 0 spiro atoms. The molecule has 0 aliphatic rings. The molecule has 0 unspecified atom stereocenters. The van der Waals surface area contributed by atoms with Gasteiger partial charge in [0.25, 0.3) is 0 Å². The predicted molar refractivity (Wildman–Crippen MR) is 83.6 cm³/mol. The summed E-state index contributed by atoms with van der Waals surface area (Å²) >= 11 is 0. The first-order valence-electron chi connectivity index (χ1n) is 7.02. The molecule has 1 heteroatoms. The molecule has 19 heavy (non-hydrogen) atoms. The minimum absolute atomic E-state index is 0.0999. The summed E-state index contributed by atoms with van der Waals surface area (Å²) in [7, 11) is 0. The third kappa shape index (κ3) is 1.68. The molecular formula is C18H21N. The molecule has 98 valence electrons. The number of hydrogen-bond acceptors (Lipinski definition) is 0. The first kappa shape index (κ1) is 12.3. The molecule has 1 nitrogen and oxygen atoms in total. The van der Waals surface area contributed by atoms with E-state index >= 15 is 0 Å². The van der Waals surface area contributed by atoms with Crippen molar-refractivity contribution in [2.75, 3.05) is 0 Å². The summed E-state index contributed by atoms with van der Waals surface area (Å²) in [5.41, 5.74) is 2.77. The van der Waals surface area contributed by atoms with Crippen LogP contribution in [-0.4, -0.2) is 4.57 Å². The molecule has 0 fully saturated rings. The molecule has 3 aromatic rings. The van der Waals surface area contributed by atoms with Crippen molar-refractivity contribution >= 4 is 21.8 Å². The second-order valence-electron chi connectivity index (χ2n) is 6.18. The third-order valence-electron chi connectivity index (χ3n) is 4.57. The second kappa shape index (κ2) is 4.12. The maximum absolute atomic E-state index is 2.50. The quantitative estimate of drug-likeness (QED) is 0.591. The molecule has 1 heterocycles. The van der Waals surface area contributed by atoms with Gasteiger partial charge in [-0.2, -0.15) is 0 Å². The topological polar surface area (TPSA) is 4.93 Å². The zero-order chi connectivity index (χ0) is 13.6. The van der Waals surface area contributed by atoms with Crippen LogP contribution < -0.4 is 0 Å². The highest BCUT2D eigenvalue weighted by Crippen LogP contribution is 2.36. The highest BCUT2D eigenvalue weighted by Gasteiger charge is 2.27. The molecule has 0 amide bonds. The normalized spacial score (nSPS) is 12.7. The first-order chi connectivity index (χ1) is 9.03. The van der Waals surface area contributed by atoms with Crippen LogP contribution in [0.5, 0.6) is 0 Å². The average Bonchev–Trinajstić information content (AvgIpc) is 2.73. The Labute approximate surface area is 114 Å². The molecule has 0 aliphatic carbocycles. The summed E-state index contributed by atoms with van der Waals surface area (Å²) in [5, 5.41) is 2.71. The van der Waals surface area contributed by atoms with Crippen molar-refractivity contribution in [2.45, 2.75) is 33.2 Å². The van der Waals surface area contributed by atoms with E-state index in [1.54, 1.807) is 0 Å². The summed E-state index contributed by atoms with van der Waals surface area (Å²) in [6.45, 7) is 9.25. The van der Waals surface area contributed by atoms with E-state index in [4.69, 9.17) is 0 Å². The van der Waals surface area contributed by atoms with E-state index < -0.39 is 0 Å². The maximum atomic E-state index is 2.50. The van der Waals surface area contributed by atoms with Crippen LogP contribution in [0.3, 0.4) is 0 Å². The van der Waals surface area contributed by atoms with Crippen LogP contribution in [0.4, 0.5) is 0 Å². The number of hydrogen-bond donors (Lipinski definition) is 0. The summed E-state index contributed by atoms with van der Waals surface area (Å²) < 4.78 is 2.50. The molecular weight excluding hydrogens is 230 g/mol. The zero-order valence-corrected chi connectivity index (χ0v) is 12.1. The lowest BCUT2D eigenvalue weighted by atomic mass is 9.90. The van der Waals surface area contributed by atoms with Crippen LogP contribution in [0.2, 0.25) is 0 Å². The van der Waals surface area contributed by atoms with E-state index in [2.05, 4.69) is 80.8 Å². The van der Waals surface area contributed by atoms with E-state index in [0.29, 0.717) is 5.92 Å². The highest BCUT2D eigenvalue weighted by molar-refractivity contribution is 6.08. The van der Waals surface area contributed by atoms with Gasteiger partial charge in [-0.15, -0.1) is 0 Å². The largest absolute Gasteiger partial charge is 0.335 e. The molecule has 0 N–H and O–H groups in total. The van der Waals surface area contributed by atoms with Crippen LogP contribution in [0.15, 0.2) is 48.5 Å². The van der Waals surface area contributed by atoms with Gasteiger partial charge in [-0.3, -0.25) is 0 Å². The zero-order valence-electron chi connectivity index (χ0n) is 12.1. The van der Waals surface area contributed by atoms with Gasteiger partial charge in [-0.1, -0.05) is 50.2 Å². The Morgan fingerprint density at radius 1 is 0.789 bits per heavy atom. The fourth-order valence-electron chi connectivity index (χ4n) is 2.80. The van der Waals surface area contributed by atoms with Crippen LogP contribution in [0.1, 0.15) is 27.7 Å². The Morgan fingerprint density at radius 3 is 1.63 bits per heavy atom. The van der Waals surface area contributed by atoms with Crippen molar-refractivity contribution in [2.24, 2.45) is 5.92 Å². The van der Waals surface area contributed by atoms with Crippen LogP contribution in [0, 0.1) is 5.92 Å². The summed E-state index contributed by atoms with van der Waals surface area (Å²) in [6.07, 6.45) is 0. The maximum Gasteiger partial charge on any atom is 0.0496 e. The van der Waals surface area contributed by atoms with Gasteiger partial charge in [-0.25, -0.2) is 0 Å². The minimum Gasteiger partial charge on any atom is -0.335 e. The first-order valence-corrected chi connectivity index (χ1v) is 7.02. The molecule has 0 saturated heterocycles. The molecule has 0 atom stereocenters. The Morgan fingerprint density at radius 2 is 1.21 bits per heavy atom. The lowest BCUT2D eigenvalue weighted by molar-refractivity contribution is 0.266. The Bertz CT molecular complexity index is 678. The van der Waals surface area contributed by atoms with Crippen molar-refractivity contribution in [3.63, 3.8) is 0 Å². The Hall–Kier alpha value is -1.76. The van der Waals surface area contributed by atoms with E-state index in [1.165, 1.54) is 21.8 Å². The monoisotopic (exact) mass is 251 g/mol. The molecule has 0 radical (unpaired) electrons. The van der Waals surface area contributed by atoms with E-state index in [0.717, 1.165) is 0 Å². The molecule has 3 rings (SSSR count). The van der Waals surface area contributed by atoms with E-state index in [1.807, 2.05) is 0 Å². The SMILES string of the molecule is CC(C)C(C)(C)n1c2ccccc2c2ccccc21. The fraction of sp³-hybridized carbons (Fsp3) is 0.333. The standard InChI is InChI=1S/C18H21N/c1-13(2)18(3,4)19-16-11-7-5-9-14(16)15-10-6-8-12-17(15)19/h5-13H,1-4H3.